The third-order valence-electron chi connectivity index (χ3n) is 21.3. The van der Waals surface area contributed by atoms with Crippen molar-refractivity contribution in [1.29, 1.82) is 0 Å². The second-order valence-electron chi connectivity index (χ2n) is 30.3. The lowest BCUT2D eigenvalue weighted by molar-refractivity contribution is -0.265. The zero-order chi connectivity index (χ0) is 84.2. The van der Waals surface area contributed by atoms with Gasteiger partial charge in [0.1, 0.15) is 36.2 Å². The van der Waals surface area contributed by atoms with Crippen LogP contribution in [0.4, 0.5) is 22.7 Å². The molecule has 1 aliphatic carbocycles. The van der Waals surface area contributed by atoms with E-state index < -0.39 is 143 Å². The molecule has 1 unspecified atom stereocenters. The summed E-state index contributed by atoms with van der Waals surface area (Å²) in [6.07, 6.45) is 7.28. The maximum Gasteiger partial charge on any atom is 0.340 e. The average molecular weight is 2140 g/mol. The number of amides is 5. The molecule has 27 nitrogen and oxygen atoms in total. The summed E-state index contributed by atoms with van der Waals surface area (Å²) in [5.41, 5.74) is 2.66. The molecule has 2 bridgehead atoms. The number of nitrogens with one attached hydrogen (secondary N) is 4. The largest absolute Gasteiger partial charge is 0.462 e. The van der Waals surface area contributed by atoms with Crippen LogP contribution in [0, 0.1) is 66.2 Å². The highest BCUT2D eigenvalue weighted by molar-refractivity contribution is 14.1. The third kappa shape index (κ3) is 26.8. The molecule has 0 aromatic heterocycles. The van der Waals surface area contributed by atoms with Crippen molar-refractivity contribution in [2.75, 3.05) is 55.2 Å². The van der Waals surface area contributed by atoms with Gasteiger partial charge in [-0.25, -0.2) is 14.4 Å². The Morgan fingerprint density at radius 3 is 1.80 bits per heavy atom. The number of nitrogens with zero attached hydrogens (tertiary/aromatic N) is 1. The molecule has 113 heavy (non-hydrogen) atoms. The maximum absolute atomic E-state index is 14.9. The predicted molar refractivity (Wildman–Crippen MR) is 465 cm³/mol. The lowest BCUT2D eigenvalue weighted by Gasteiger charge is -2.42. The zero-order valence-electron chi connectivity index (χ0n) is 66.5. The highest BCUT2D eigenvalue weighted by Gasteiger charge is 2.53. The number of aliphatic hydroxyl groups excluding tert-OH is 2. The first kappa shape index (κ1) is 96.9. The van der Waals surface area contributed by atoms with Crippen LogP contribution in [0.1, 0.15) is 205 Å². The molecule has 1 saturated carbocycles. The summed E-state index contributed by atoms with van der Waals surface area (Å²) < 4.78 is 44.3. The molecular formula is C81H108I5N5O22. The Morgan fingerprint density at radius 2 is 1.22 bits per heavy atom. The summed E-state index contributed by atoms with van der Waals surface area (Å²) >= 11 is 9.78. The van der Waals surface area contributed by atoms with Gasteiger partial charge in [-0.15, -0.1) is 0 Å². The fourth-order valence-electron chi connectivity index (χ4n) is 14.8. The third-order valence-corrected chi connectivity index (χ3v) is 26.7. The Morgan fingerprint density at radius 1 is 0.655 bits per heavy atom. The van der Waals surface area contributed by atoms with E-state index in [-0.39, 0.29) is 106 Å². The first-order valence-corrected chi connectivity index (χ1v) is 43.6. The number of fused-ring (bicyclic) bond motifs is 3. The minimum Gasteiger partial charge on any atom is -0.462 e. The van der Waals surface area contributed by atoms with Crippen molar-refractivity contribution < 1.29 is 106 Å². The summed E-state index contributed by atoms with van der Waals surface area (Å²) in [6, 6.07) is -1.29. The van der Waals surface area contributed by atoms with Crippen molar-refractivity contribution in [2.24, 2.45) is 41.4 Å². The van der Waals surface area contributed by atoms with E-state index in [1.165, 1.54) is 41.9 Å². The lowest BCUT2D eigenvalue weighted by Crippen LogP contribution is -2.61. The summed E-state index contributed by atoms with van der Waals surface area (Å²) in [7, 11) is 2.83. The van der Waals surface area contributed by atoms with E-state index >= 15 is 0 Å². The first-order chi connectivity index (χ1) is 53.1. The quantitative estimate of drug-likeness (QED) is 0.0201. The van der Waals surface area contributed by atoms with Crippen LogP contribution >= 0.6 is 113 Å². The monoisotopic (exact) mass is 2140 g/mol. The Labute approximate surface area is 729 Å². The molecule has 2 aromatic carbocycles. The van der Waals surface area contributed by atoms with Crippen LogP contribution in [0.5, 0.6) is 0 Å². The Balaban J connectivity index is 1.23. The van der Waals surface area contributed by atoms with Gasteiger partial charge in [-0.2, -0.15) is 0 Å². The number of piperidine rings is 1. The Hall–Kier alpha value is -4.95. The molecule has 2 aromatic rings. The fourth-order valence-corrected chi connectivity index (χ4v) is 21.4. The number of hydrogen-bond donors (Lipinski definition) is 7. The SMILES string of the molecule is CO[C@@H]1C[C@H](C[C@@H](C)[C@@H]2CC(=O)[C@H](C)/C=C(\C)[C@@H](O)[C@@H](OC)C(=O)[C@H](C)C[C@H](C)/C=C/C=C/C=C(\C)[C@@H](O)C[C@@H]3CC[C@@H](C)[C@@](O)(O3)C(=O)C(=O)N3CCCC[C@H]3C(=O)O2)CC[C@H]1OC(=O)CCC(CCOC(=O)c1c(C)c(NC(C)=O)c(I)c(NC(C)=O)c1I)CCOC(=O)c1c(I)c(NC(C)=O)c(I)c(NC(C)=O)c1I. The standard InChI is InChI=1S/C81H108I5N5O22/c1-40-20-16-15-17-21-41(2)56(96)38-54-26-23-46(7)81(106,113-54)76(101)77(102)91-31-19-18-22-55(91)78(103)112-59(39-57(97)42(3)35-45(6)74(100)75(108-14)73(99)44(5)34-40)43(4)36-53-24-27-58(60(37-53)107-13)111-61(98)28-25-52(29-32-109-79(104)62-47(8)69(87-48(9)92)67(85)70(64(62)82)88-49(10)93)30-33-110-80(105)63-65(83)71(89-50(11)94)68(86)72(66(63)84)90-51(12)95/h15-17,20-21,35,40,42-44,46,52-56,58-60,74-75,96,100,106H,18-19,22-34,36-39H2,1-14H3,(H,87,92)(H,88,93)(H,89,94)(H,90,95)/b17-15+,20-16+,41-21+,45-35+/t40-,42-,43-,44-,46-,52?,53+,54+,55+,56+,58-,59+,60-,74-,75+,81-/m1/s1. The van der Waals surface area contributed by atoms with Crippen molar-refractivity contribution in [2.45, 2.75) is 240 Å². The Bertz CT molecular complexity index is 3790. The number of anilines is 4. The van der Waals surface area contributed by atoms with Gasteiger partial charge in [0, 0.05) is 85.5 Å². The van der Waals surface area contributed by atoms with Gasteiger partial charge in [-0.05, 0) is 258 Å². The molecule has 3 fully saturated rings. The van der Waals surface area contributed by atoms with Gasteiger partial charge in [-0.3, -0.25) is 43.2 Å². The lowest BCUT2D eigenvalue weighted by atomic mass is 9.78. The molecule has 7 N–H and O–H groups in total. The predicted octanol–water partition coefficient (Wildman–Crippen LogP) is 13.1. The molecule has 5 amide bonds. The van der Waals surface area contributed by atoms with Crippen LogP contribution in [0.3, 0.4) is 0 Å². The molecule has 624 valence electrons. The van der Waals surface area contributed by atoms with Gasteiger partial charge in [-0.1, -0.05) is 71.1 Å². The maximum atomic E-state index is 14.9. The Kier molecular flexibility index (Phi) is 38.8. The smallest absolute Gasteiger partial charge is 0.340 e. The molecule has 3 heterocycles. The van der Waals surface area contributed by atoms with Gasteiger partial charge in [0.15, 0.2) is 5.78 Å². The molecule has 32 heteroatoms. The average Bonchev–Trinajstić information content (AvgIpc) is 0.784. The number of esters is 4. The van der Waals surface area contributed by atoms with E-state index in [1.807, 2.05) is 139 Å². The molecule has 4 aliphatic rings. The first-order valence-electron chi connectivity index (χ1n) is 38.2. The van der Waals surface area contributed by atoms with Crippen LogP contribution in [-0.4, -0.2) is 180 Å². The van der Waals surface area contributed by atoms with Gasteiger partial charge >= 0.3 is 23.9 Å². The molecule has 16 atom stereocenters. The fraction of sp³-hybridized carbons (Fsp3) is 0.605. The molecule has 2 saturated heterocycles. The van der Waals surface area contributed by atoms with E-state index in [0.717, 1.165) is 4.90 Å². The summed E-state index contributed by atoms with van der Waals surface area (Å²) in [6.45, 7) is 18.6. The highest BCUT2D eigenvalue weighted by Crippen LogP contribution is 2.43. The van der Waals surface area contributed by atoms with Crippen LogP contribution in [-0.2, 0) is 81.1 Å². The number of ether oxygens (including phenoxy) is 7. The van der Waals surface area contributed by atoms with Gasteiger partial charge in [0.2, 0.25) is 29.4 Å². The van der Waals surface area contributed by atoms with Crippen molar-refractivity contribution in [1.82, 2.24) is 4.90 Å². The van der Waals surface area contributed by atoms with Gasteiger partial charge < -0.3 is 74.6 Å². The number of rotatable bonds is 21. The minimum atomic E-state index is -2.58. The summed E-state index contributed by atoms with van der Waals surface area (Å²) in [5.74, 6) is -13.8. The van der Waals surface area contributed by atoms with Crippen molar-refractivity contribution in [3.8, 4) is 0 Å². The van der Waals surface area contributed by atoms with Crippen LogP contribution in [0.25, 0.3) is 0 Å². The van der Waals surface area contributed by atoms with Crippen LogP contribution < -0.4 is 21.3 Å². The van der Waals surface area contributed by atoms with E-state index in [9.17, 15) is 72.9 Å². The van der Waals surface area contributed by atoms with E-state index in [2.05, 4.69) is 21.3 Å². The number of cyclic esters (lactones) is 1. The van der Waals surface area contributed by atoms with Crippen LogP contribution in [0.2, 0.25) is 0 Å². The zero-order valence-corrected chi connectivity index (χ0v) is 77.3. The van der Waals surface area contributed by atoms with E-state index in [0.29, 0.717) is 109 Å². The van der Waals surface area contributed by atoms with Crippen molar-refractivity contribution in [3.63, 3.8) is 0 Å². The second kappa shape index (κ2) is 45.3. The van der Waals surface area contributed by atoms with Crippen molar-refractivity contribution in [3.05, 3.63) is 82.1 Å². The molecular weight excluding hydrogens is 2030 g/mol. The molecule has 0 radical (unpaired) electrons. The minimum absolute atomic E-state index is 0.00697. The number of carbonyl (C=O) groups excluding carboxylic acids is 12. The van der Waals surface area contributed by atoms with Gasteiger partial charge in [0.05, 0.1) is 83.3 Å². The summed E-state index contributed by atoms with van der Waals surface area (Å²) in [4.78, 5) is 166. The number of benzene rings is 2. The molecule has 0 spiro atoms. The number of aliphatic hydroxyl groups is 3. The number of carbonyl (C=O) groups is 12. The van der Waals surface area contributed by atoms with Crippen LogP contribution in [0.15, 0.2) is 47.6 Å². The number of methoxy groups -OCH3 is 2. The van der Waals surface area contributed by atoms with Gasteiger partial charge in [0.25, 0.3) is 11.7 Å². The number of ketones is 3. The molecule has 6 rings (SSSR count). The number of allylic oxidation sites excluding steroid dienone is 6. The summed E-state index contributed by atoms with van der Waals surface area (Å²) in [5, 5.41) is 46.1. The van der Waals surface area contributed by atoms with E-state index in [1.54, 1.807) is 65.8 Å². The normalized spacial score (nSPS) is 28.1. The number of Topliss-reactive ketones (excluding diaryl/α,β-unsaturated/α-hetero) is 3. The second-order valence-corrected chi connectivity index (χ2v) is 35.7. The number of hydrogen-bond acceptors (Lipinski definition) is 22. The highest BCUT2D eigenvalue weighted by atomic mass is 127. The number of halogens is 5. The van der Waals surface area contributed by atoms with E-state index in [4.69, 9.17) is 33.2 Å². The molecule has 3 aliphatic heterocycles. The van der Waals surface area contributed by atoms with Crippen molar-refractivity contribution >= 4 is 206 Å². The topological polar surface area (TPSA) is 381 Å².